The van der Waals surface area contributed by atoms with Crippen LogP contribution in [0.15, 0.2) is 60.9 Å². The summed E-state index contributed by atoms with van der Waals surface area (Å²) in [5, 5.41) is 4.07. The first-order chi connectivity index (χ1) is 9.75. The van der Waals surface area contributed by atoms with Gasteiger partial charge in [-0.3, -0.25) is 4.57 Å². The molecular formula is C16H14ClN3. The summed E-state index contributed by atoms with van der Waals surface area (Å²) in [5.41, 5.74) is 3.03. The molecule has 1 heterocycles. The summed E-state index contributed by atoms with van der Waals surface area (Å²) in [4.78, 5) is 4.37. The van der Waals surface area contributed by atoms with Gasteiger partial charge in [-0.15, -0.1) is 0 Å². The van der Waals surface area contributed by atoms with Crippen LogP contribution in [0.1, 0.15) is 5.56 Å². The molecule has 0 saturated heterocycles. The summed E-state index contributed by atoms with van der Waals surface area (Å²) in [6.07, 6.45) is 3.70. The first-order valence-electron chi connectivity index (χ1n) is 6.36. The second-order valence-corrected chi connectivity index (χ2v) is 4.90. The molecule has 2 aromatic carbocycles. The average molecular weight is 284 g/mol. The van der Waals surface area contributed by atoms with Crippen LogP contribution >= 0.6 is 11.6 Å². The van der Waals surface area contributed by atoms with E-state index in [1.807, 2.05) is 66.2 Å². The van der Waals surface area contributed by atoms with Crippen LogP contribution in [0.2, 0.25) is 5.02 Å². The molecule has 0 radical (unpaired) electrons. The molecule has 0 aliphatic heterocycles. The number of imidazole rings is 1. The van der Waals surface area contributed by atoms with Gasteiger partial charge in [0.1, 0.15) is 0 Å². The number of nitrogens with zero attached hydrogens (tertiary/aromatic N) is 2. The number of para-hydroxylation sites is 1. The topological polar surface area (TPSA) is 29.9 Å². The van der Waals surface area contributed by atoms with Crippen LogP contribution in [0.3, 0.4) is 0 Å². The van der Waals surface area contributed by atoms with Crippen molar-refractivity contribution in [3.8, 4) is 5.69 Å². The summed E-state index contributed by atoms with van der Waals surface area (Å²) in [6.45, 7) is 1.99. The minimum absolute atomic E-state index is 0.743. The van der Waals surface area contributed by atoms with Crippen LogP contribution < -0.4 is 5.32 Å². The van der Waals surface area contributed by atoms with E-state index in [0.29, 0.717) is 0 Å². The summed E-state index contributed by atoms with van der Waals surface area (Å²) in [5.74, 6) is 0.765. The van der Waals surface area contributed by atoms with Crippen molar-refractivity contribution in [3.63, 3.8) is 0 Å². The van der Waals surface area contributed by atoms with E-state index in [4.69, 9.17) is 11.6 Å². The maximum absolute atomic E-state index is 6.14. The molecule has 0 spiro atoms. The van der Waals surface area contributed by atoms with Gasteiger partial charge in [0.15, 0.2) is 0 Å². The minimum Gasteiger partial charge on any atom is -0.325 e. The summed E-state index contributed by atoms with van der Waals surface area (Å²) < 4.78 is 2.00. The van der Waals surface area contributed by atoms with E-state index in [1.54, 1.807) is 6.20 Å². The van der Waals surface area contributed by atoms with Crippen LogP contribution in [0, 0.1) is 6.92 Å². The lowest BCUT2D eigenvalue weighted by Gasteiger charge is -2.12. The molecule has 20 heavy (non-hydrogen) atoms. The Morgan fingerprint density at radius 2 is 1.85 bits per heavy atom. The Bertz CT molecular complexity index is 720. The molecular weight excluding hydrogens is 270 g/mol. The van der Waals surface area contributed by atoms with E-state index in [0.717, 1.165) is 27.9 Å². The van der Waals surface area contributed by atoms with Crippen molar-refractivity contribution in [1.82, 2.24) is 9.55 Å². The second-order valence-electron chi connectivity index (χ2n) is 4.49. The number of hydrogen-bond acceptors (Lipinski definition) is 2. The Hall–Kier alpha value is -2.26. The van der Waals surface area contributed by atoms with E-state index >= 15 is 0 Å². The van der Waals surface area contributed by atoms with Gasteiger partial charge in [0.2, 0.25) is 5.95 Å². The summed E-state index contributed by atoms with van der Waals surface area (Å²) in [6, 6.07) is 15.9. The number of anilines is 2. The van der Waals surface area contributed by atoms with Crippen molar-refractivity contribution in [2.75, 3.05) is 5.32 Å². The van der Waals surface area contributed by atoms with Crippen LogP contribution in [0.4, 0.5) is 11.6 Å². The molecule has 0 aliphatic rings. The Morgan fingerprint density at radius 3 is 2.65 bits per heavy atom. The third-order valence-corrected chi connectivity index (χ3v) is 3.60. The van der Waals surface area contributed by atoms with E-state index in [2.05, 4.69) is 10.3 Å². The minimum atomic E-state index is 0.743. The van der Waals surface area contributed by atoms with Crippen molar-refractivity contribution in [2.45, 2.75) is 6.92 Å². The number of nitrogens with one attached hydrogen (secondary N) is 1. The van der Waals surface area contributed by atoms with Gasteiger partial charge in [-0.1, -0.05) is 35.9 Å². The largest absolute Gasteiger partial charge is 0.325 e. The zero-order chi connectivity index (χ0) is 13.9. The fourth-order valence-corrected chi connectivity index (χ4v) is 2.23. The van der Waals surface area contributed by atoms with Gasteiger partial charge in [0, 0.05) is 28.8 Å². The van der Waals surface area contributed by atoms with Crippen LogP contribution in [0.25, 0.3) is 5.69 Å². The van der Waals surface area contributed by atoms with Gasteiger partial charge in [0.25, 0.3) is 0 Å². The van der Waals surface area contributed by atoms with Gasteiger partial charge in [-0.2, -0.15) is 0 Å². The Kier molecular flexibility index (Phi) is 3.44. The maximum atomic E-state index is 6.14. The molecule has 100 valence electrons. The number of aromatic nitrogens is 2. The molecule has 0 saturated carbocycles. The monoisotopic (exact) mass is 283 g/mol. The van der Waals surface area contributed by atoms with Gasteiger partial charge in [0.05, 0.1) is 0 Å². The van der Waals surface area contributed by atoms with Crippen LogP contribution in [-0.2, 0) is 0 Å². The quantitative estimate of drug-likeness (QED) is 0.762. The van der Waals surface area contributed by atoms with Crippen molar-refractivity contribution in [1.29, 1.82) is 0 Å². The average Bonchev–Trinajstić information content (AvgIpc) is 2.93. The SMILES string of the molecule is Cc1c(Cl)cccc1Nc1nccn1-c1ccccc1. The molecule has 1 N–H and O–H groups in total. The molecule has 0 unspecified atom stereocenters. The molecule has 4 heteroatoms. The lowest BCUT2D eigenvalue weighted by Crippen LogP contribution is -2.02. The lowest BCUT2D eigenvalue weighted by atomic mass is 10.2. The van der Waals surface area contributed by atoms with Crippen LogP contribution in [0.5, 0.6) is 0 Å². The van der Waals surface area contributed by atoms with E-state index in [1.165, 1.54) is 0 Å². The molecule has 3 aromatic rings. The summed E-state index contributed by atoms with van der Waals surface area (Å²) in [7, 11) is 0. The Balaban J connectivity index is 1.97. The van der Waals surface area contributed by atoms with E-state index in [-0.39, 0.29) is 0 Å². The van der Waals surface area contributed by atoms with E-state index < -0.39 is 0 Å². The highest BCUT2D eigenvalue weighted by Crippen LogP contribution is 2.26. The first-order valence-corrected chi connectivity index (χ1v) is 6.74. The molecule has 0 fully saturated rings. The number of hydrogen-bond donors (Lipinski definition) is 1. The zero-order valence-electron chi connectivity index (χ0n) is 11.0. The van der Waals surface area contributed by atoms with Crippen molar-refractivity contribution < 1.29 is 0 Å². The standard InChI is InChI=1S/C16H14ClN3/c1-12-14(17)8-5-9-15(12)19-16-18-10-11-20(16)13-6-3-2-4-7-13/h2-11H,1H3,(H,18,19). The molecule has 0 amide bonds. The molecule has 3 rings (SSSR count). The Morgan fingerprint density at radius 1 is 1.05 bits per heavy atom. The fourth-order valence-electron chi connectivity index (χ4n) is 2.06. The smallest absolute Gasteiger partial charge is 0.212 e. The van der Waals surface area contributed by atoms with Crippen molar-refractivity contribution in [3.05, 3.63) is 71.5 Å². The highest BCUT2D eigenvalue weighted by molar-refractivity contribution is 6.31. The van der Waals surface area contributed by atoms with Gasteiger partial charge < -0.3 is 5.32 Å². The van der Waals surface area contributed by atoms with Gasteiger partial charge in [-0.25, -0.2) is 4.98 Å². The first kappa shape index (κ1) is 12.8. The van der Waals surface area contributed by atoms with Crippen molar-refractivity contribution >= 4 is 23.2 Å². The highest BCUT2D eigenvalue weighted by Gasteiger charge is 2.07. The van der Waals surface area contributed by atoms with Crippen LogP contribution in [-0.4, -0.2) is 9.55 Å². The zero-order valence-corrected chi connectivity index (χ0v) is 11.8. The third-order valence-electron chi connectivity index (χ3n) is 3.19. The molecule has 0 atom stereocenters. The number of benzene rings is 2. The lowest BCUT2D eigenvalue weighted by molar-refractivity contribution is 1.06. The predicted molar refractivity (Wildman–Crippen MR) is 83.0 cm³/mol. The normalized spacial score (nSPS) is 10.5. The molecule has 0 bridgehead atoms. The number of halogens is 1. The van der Waals surface area contributed by atoms with Gasteiger partial charge in [-0.05, 0) is 36.8 Å². The third kappa shape index (κ3) is 2.40. The highest BCUT2D eigenvalue weighted by atomic mass is 35.5. The fraction of sp³-hybridized carbons (Fsp3) is 0.0625. The van der Waals surface area contributed by atoms with Gasteiger partial charge >= 0.3 is 0 Å². The summed E-state index contributed by atoms with van der Waals surface area (Å²) >= 11 is 6.14. The number of rotatable bonds is 3. The predicted octanol–water partition coefficient (Wildman–Crippen LogP) is 4.58. The van der Waals surface area contributed by atoms with Crippen molar-refractivity contribution in [2.24, 2.45) is 0 Å². The molecule has 0 aliphatic carbocycles. The Labute approximate surface area is 122 Å². The molecule has 1 aromatic heterocycles. The molecule has 3 nitrogen and oxygen atoms in total. The maximum Gasteiger partial charge on any atom is 0.212 e. The second kappa shape index (κ2) is 5.39. The van der Waals surface area contributed by atoms with E-state index in [9.17, 15) is 0 Å².